The van der Waals surface area contributed by atoms with Gasteiger partial charge in [-0.3, -0.25) is 0 Å². The average Bonchev–Trinajstić information content (AvgIpc) is 2.45. The lowest BCUT2D eigenvalue weighted by molar-refractivity contribution is 0.103. The fourth-order valence-corrected chi connectivity index (χ4v) is 3.05. The molecule has 2 rings (SSSR count). The number of nitrogens with one attached hydrogen (secondary N) is 1. The minimum absolute atomic E-state index is 0.0569. The van der Waals surface area contributed by atoms with Gasteiger partial charge in [-0.15, -0.1) is 0 Å². The fraction of sp³-hybridized carbons (Fsp3) is 0.529. The zero-order valence-electron chi connectivity index (χ0n) is 11.8. The van der Waals surface area contributed by atoms with E-state index in [2.05, 4.69) is 36.5 Å². The Balaban J connectivity index is 1.85. The molecule has 0 heterocycles. The third kappa shape index (κ3) is 4.19. The summed E-state index contributed by atoms with van der Waals surface area (Å²) in [5.74, 6) is 0.714. The van der Waals surface area contributed by atoms with E-state index >= 15 is 0 Å². The molecule has 2 N–H and O–H groups in total. The van der Waals surface area contributed by atoms with Gasteiger partial charge in [0.15, 0.2) is 0 Å². The number of rotatable bonds is 5. The molecule has 1 saturated carbocycles. The zero-order valence-corrected chi connectivity index (χ0v) is 11.8. The minimum atomic E-state index is -0.0569. The summed E-state index contributed by atoms with van der Waals surface area (Å²) >= 11 is 0. The fourth-order valence-electron chi connectivity index (χ4n) is 3.05. The predicted octanol–water partition coefficient (Wildman–Crippen LogP) is 3.23. The van der Waals surface area contributed by atoms with Gasteiger partial charge in [-0.25, -0.2) is 0 Å². The van der Waals surface area contributed by atoms with Crippen LogP contribution in [0.1, 0.15) is 38.2 Å². The van der Waals surface area contributed by atoms with Gasteiger partial charge in [0.2, 0.25) is 0 Å². The van der Waals surface area contributed by atoms with Crippen LogP contribution in [0.5, 0.6) is 0 Å². The van der Waals surface area contributed by atoms with E-state index in [1.54, 1.807) is 0 Å². The van der Waals surface area contributed by atoms with Crippen molar-refractivity contribution in [2.24, 2.45) is 5.92 Å². The van der Waals surface area contributed by atoms with Crippen molar-refractivity contribution in [1.82, 2.24) is 5.32 Å². The molecular formula is C17H25NO. The van der Waals surface area contributed by atoms with Crippen LogP contribution < -0.4 is 5.32 Å². The Morgan fingerprint density at radius 1 is 1.37 bits per heavy atom. The molecule has 19 heavy (non-hydrogen) atoms. The number of aliphatic hydroxyl groups excluding tert-OH is 1. The van der Waals surface area contributed by atoms with Crippen LogP contribution in [-0.4, -0.2) is 23.8 Å². The molecule has 1 aliphatic carbocycles. The topological polar surface area (TPSA) is 32.3 Å². The molecular weight excluding hydrogens is 234 g/mol. The molecule has 0 bridgehead atoms. The third-order valence-corrected chi connectivity index (χ3v) is 4.10. The van der Waals surface area contributed by atoms with Crippen LogP contribution >= 0.6 is 0 Å². The number of benzene rings is 1. The van der Waals surface area contributed by atoms with E-state index in [1.165, 1.54) is 18.4 Å². The van der Waals surface area contributed by atoms with E-state index in [0.717, 1.165) is 19.4 Å². The molecule has 1 aromatic rings. The monoisotopic (exact) mass is 259 g/mol. The standard InChI is InChI=1S/C17H25NO/c1-15-7-5-11-17(13-15,14-19)18-12-6-10-16-8-3-2-4-9-16/h2-4,6,8-10,15,18-19H,5,7,11-14H2,1H3. The van der Waals surface area contributed by atoms with Gasteiger partial charge in [-0.05, 0) is 24.3 Å². The van der Waals surface area contributed by atoms with Crippen molar-refractivity contribution >= 4 is 6.08 Å². The van der Waals surface area contributed by atoms with Crippen LogP contribution in [0, 0.1) is 5.92 Å². The van der Waals surface area contributed by atoms with Gasteiger partial charge in [0, 0.05) is 12.1 Å². The van der Waals surface area contributed by atoms with Crippen LogP contribution in [0.25, 0.3) is 6.08 Å². The van der Waals surface area contributed by atoms with Gasteiger partial charge in [-0.2, -0.15) is 0 Å². The predicted molar refractivity (Wildman–Crippen MR) is 80.9 cm³/mol. The van der Waals surface area contributed by atoms with Crippen molar-refractivity contribution in [3.05, 3.63) is 42.0 Å². The van der Waals surface area contributed by atoms with Gasteiger partial charge in [0.25, 0.3) is 0 Å². The third-order valence-electron chi connectivity index (χ3n) is 4.10. The summed E-state index contributed by atoms with van der Waals surface area (Å²) in [5, 5.41) is 13.2. The van der Waals surface area contributed by atoms with E-state index in [0.29, 0.717) is 5.92 Å². The van der Waals surface area contributed by atoms with Crippen molar-refractivity contribution < 1.29 is 5.11 Å². The van der Waals surface area contributed by atoms with Crippen molar-refractivity contribution in [3.8, 4) is 0 Å². The second kappa shape index (κ2) is 6.88. The summed E-state index contributed by atoms with van der Waals surface area (Å²) in [7, 11) is 0. The van der Waals surface area contributed by atoms with Crippen LogP contribution in [0.3, 0.4) is 0 Å². The summed E-state index contributed by atoms with van der Waals surface area (Å²) in [5.41, 5.74) is 1.16. The van der Waals surface area contributed by atoms with Gasteiger partial charge < -0.3 is 10.4 Å². The summed E-state index contributed by atoms with van der Waals surface area (Å²) in [6.07, 6.45) is 8.96. The molecule has 0 aliphatic heterocycles. The summed E-state index contributed by atoms with van der Waals surface area (Å²) in [4.78, 5) is 0. The minimum Gasteiger partial charge on any atom is -0.394 e. The Bertz CT molecular complexity index is 401. The highest BCUT2D eigenvalue weighted by atomic mass is 16.3. The van der Waals surface area contributed by atoms with Crippen molar-refractivity contribution in [2.45, 2.75) is 38.1 Å². The molecule has 0 amide bonds. The second-order valence-electron chi connectivity index (χ2n) is 5.83. The van der Waals surface area contributed by atoms with E-state index in [1.807, 2.05) is 18.2 Å². The normalized spacial score (nSPS) is 27.8. The van der Waals surface area contributed by atoms with E-state index in [9.17, 15) is 5.11 Å². The molecule has 0 saturated heterocycles. The Morgan fingerprint density at radius 3 is 2.84 bits per heavy atom. The van der Waals surface area contributed by atoms with Gasteiger partial charge in [0.1, 0.15) is 0 Å². The van der Waals surface area contributed by atoms with E-state index in [-0.39, 0.29) is 12.1 Å². The average molecular weight is 259 g/mol. The maximum Gasteiger partial charge on any atom is 0.0613 e. The molecule has 1 aromatic carbocycles. The Kier molecular flexibility index (Phi) is 5.17. The largest absolute Gasteiger partial charge is 0.394 e. The first-order valence-electron chi connectivity index (χ1n) is 7.32. The van der Waals surface area contributed by atoms with E-state index in [4.69, 9.17) is 0 Å². The van der Waals surface area contributed by atoms with Crippen LogP contribution in [0.2, 0.25) is 0 Å². The lowest BCUT2D eigenvalue weighted by Gasteiger charge is -2.39. The molecule has 0 aromatic heterocycles. The van der Waals surface area contributed by atoms with Gasteiger partial charge in [0.05, 0.1) is 6.61 Å². The maximum absolute atomic E-state index is 9.69. The summed E-state index contributed by atoms with van der Waals surface area (Å²) < 4.78 is 0. The van der Waals surface area contributed by atoms with Crippen LogP contribution in [0.4, 0.5) is 0 Å². The molecule has 2 nitrogen and oxygen atoms in total. The highest BCUT2D eigenvalue weighted by molar-refractivity contribution is 5.48. The molecule has 2 heteroatoms. The highest BCUT2D eigenvalue weighted by Crippen LogP contribution is 2.31. The maximum atomic E-state index is 9.69. The Hall–Kier alpha value is -1.12. The first kappa shape index (κ1) is 14.3. The lowest BCUT2D eigenvalue weighted by Crippen LogP contribution is -2.51. The van der Waals surface area contributed by atoms with Gasteiger partial charge in [-0.1, -0.05) is 62.2 Å². The molecule has 1 aliphatic rings. The molecule has 104 valence electrons. The first-order valence-corrected chi connectivity index (χ1v) is 7.32. The van der Waals surface area contributed by atoms with Crippen LogP contribution in [-0.2, 0) is 0 Å². The summed E-state index contributed by atoms with van der Waals surface area (Å²) in [6.45, 7) is 3.35. The van der Waals surface area contributed by atoms with Crippen LogP contribution in [0.15, 0.2) is 36.4 Å². The molecule has 2 unspecified atom stereocenters. The van der Waals surface area contributed by atoms with Crippen molar-refractivity contribution in [3.63, 3.8) is 0 Å². The number of hydrogen-bond donors (Lipinski definition) is 2. The van der Waals surface area contributed by atoms with E-state index < -0.39 is 0 Å². The number of hydrogen-bond acceptors (Lipinski definition) is 2. The zero-order chi connectivity index (χ0) is 13.6. The quantitative estimate of drug-likeness (QED) is 0.851. The Labute approximate surface area is 116 Å². The molecule has 2 atom stereocenters. The van der Waals surface area contributed by atoms with Gasteiger partial charge >= 0.3 is 0 Å². The number of aliphatic hydroxyl groups is 1. The lowest BCUT2D eigenvalue weighted by atomic mass is 9.77. The van der Waals surface area contributed by atoms with Crippen molar-refractivity contribution in [2.75, 3.05) is 13.2 Å². The summed E-state index contributed by atoms with van der Waals surface area (Å²) in [6, 6.07) is 10.3. The smallest absolute Gasteiger partial charge is 0.0613 e. The Morgan fingerprint density at radius 2 is 2.16 bits per heavy atom. The second-order valence-corrected chi connectivity index (χ2v) is 5.83. The SMILES string of the molecule is CC1CCCC(CO)(NCC=Cc2ccccc2)C1. The first-order chi connectivity index (χ1) is 9.24. The molecule has 1 fully saturated rings. The molecule has 0 radical (unpaired) electrons. The van der Waals surface area contributed by atoms with Crippen molar-refractivity contribution in [1.29, 1.82) is 0 Å². The highest BCUT2D eigenvalue weighted by Gasteiger charge is 2.33. The molecule has 0 spiro atoms.